The number of amides is 1. The molecule has 0 aliphatic heterocycles. The lowest BCUT2D eigenvalue weighted by atomic mass is 10.2. The number of nitrogens with zero attached hydrogens (tertiary/aromatic N) is 2. The van der Waals surface area contributed by atoms with Crippen LogP contribution in [0.15, 0.2) is 83.8 Å². The zero-order valence-corrected chi connectivity index (χ0v) is 19.8. The normalized spacial score (nSPS) is 12.7. The van der Waals surface area contributed by atoms with Crippen molar-refractivity contribution < 1.29 is 9.53 Å². The molecule has 0 spiro atoms. The number of carbonyl (C=O) groups excluding carboxylic acids is 1. The van der Waals surface area contributed by atoms with Crippen molar-refractivity contribution in [3.63, 3.8) is 0 Å². The third kappa shape index (κ3) is 5.36. The number of carbonyl (C=O) groups is 1. The highest BCUT2D eigenvalue weighted by Crippen LogP contribution is 2.30. The molecule has 3 aromatic carbocycles. The van der Waals surface area contributed by atoms with Crippen LogP contribution in [0.2, 0.25) is 5.02 Å². The Morgan fingerprint density at radius 3 is 2.63 bits per heavy atom. The third-order valence-electron chi connectivity index (χ3n) is 5.52. The van der Waals surface area contributed by atoms with E-state index in [1.165, 1.54) is 10.9 Å². The van der Waals surface area contributed by atoms with Gasteiger partial charge in [-0.3, -0.25) is 9.59 Å². The summed E-state index contributed by atoms with van der Waals surface area (Å²) in [6, 6.07) is 21.6. The topological polar surface area (TPSA) is 85.2 Å². The summed E-state index contributed by atoms with van der Waals surface area (Å²) in [6.07, 6.45) is 3.49. The van der Waals surface area contributed by atoms with E-state index in [1.807, 2.05) is 31.2 Å². The largest absolute Gasteiger partial charge is 0.453 e. The maximum absolute atomic E-state index is 13.6. The van der Waals surface area contributed by atoms with Crippen LogP contribution in [0, 0.1) is 6.92 Å². The molecule has 8 heteroatoms. The van der Waals surface area contributed by atoms with Gasteiger partial charge >= 0.3 is 0 Å². The van der Waals surface area contributed by atoms with Gasteiger partial charge in [0.05, 0.1) is 11.9 Å². The maximum Gasteiger partial charge on any atom is 0.299 e. The summed E-state index contributed by atoms with van der Waals surface area (Å²) in [7, 11) is 0. The fraction of sp³-hybridized carbons (Fsp3) is 0.148. The van der Waals surface area contributed by atoms with Crippen LogP contribution in [0.25, 0.3) is 5.69 Å². The summed E-state index contributed by atoms with van der Waals surface area (Å²) in [5.74, 6) is 0.692. The Bertz CT molecular complexity index is 1460. The van der Waals surface area contributed by atoms with Crippen molar-refractivity contribution in [3.05, 3.63) is 105 Å². The number of aryl methyl sites for hydroxylation is 1. The van der Waals surface area contributed by atoms with Gasteiger partial charge in [0.1, 0.15) is 5.75 Å². The Hall–Kier alpha value is -4.10. The van der Waals surface area contributed by atoms with Gasteiger partial charge in [0.15, 0.2) is 11.4 Å². The average Bonchev–Trinajstić information content (AvgIpc) is 3.66. The van der Waals surface area contributed by atoms with Crippen molar-refractivity contribution in [1.29, 1.82) is 0 Å². The van der Waals surface area contributed by atoms with Crippen LogP contribution in [0.3, 0.4) is 0 Å². The molecule has 0 atom stereocenters. The molecule has 0 saturated heterocycles. The van der Waals surface area contributed by atoms with Crippen molar-refractivity contribution >= 4 is 28.9 Å². The number of aromatic nitrogens is 2. The fourth-order valence-corrected chi connectivity index (χ4v) is 3.79. The molecule has 4 aromatic rings. The standard InChI is InChI=1S/C27H23ClN4O3/c1-17-5-2-10-23(13-17)35-24-16-29-32(22-9-4-7-19(28)15-22)27(34)25(24)30-21-8-3-6-18(14-21)26(33)31-20-11-12-20/h2-10,13-16,20,30H,11-12H2,1H3,(H,31,33). The van der Waals surface area contributed by atoms with Crippen LogP contribution < -0.4 is 20.9 Å². The molecule has 0 unspecified atom stereocenters. The first kappa shape index (κ1) is 22.7. The molecule has 35 heavy (non-hydrogen) atoms. The van der Waals surface area contributed by atoms with Crippen LogP contribution in [0.5, 0.6) is 11.5 Å². The van der Waals surface area contributed by atoms with Gasteiger partial charge < -0.3 is 15.4 Å². The second-order valence-electron chi connectivity index (χ2n) is 8.45. The molecule has 1 fully saturated rings. The second-order valence-corrected chi connectivity index (χ2v) is 8.89. The Labute approximate surface area is 207 Å². The predicted octanol–water partition coefficient (Wildman–Crippen LogP) is 5.62. The number of rotatable bonds is 7. The molecule has 1 amide bonds. The number of anilines is 2. The molecule has 1 aromatic heterocycles. The first-order valence-electron chi connectivity index (χ1n) is 11.3. The van der Waals surface area contributed by atoms with Crippen LogP contribution in [-0.4, -0.2) is 21.7 Å². The average molecular weight is 487 g/mol. The summed E-state index contributed by atoms with van der Waals surface area (Å²) in [4.78, 5) is 26.1. The van der Waals surface area contributed by atoms with Gasteiger partial charge in [-0.2, -0.15) is 9.78 Å². The number of hydrogen-bond acceptors (Lipinski definition) is 5. The number of benzene rings is 3. The van der Waals surface area contributed by atoms with Gasteiger partial charge in [0.25, 0.3) is 11.5 Å². The highest BCUT2D eigenvalue weighted by molar-refractivity contribution is 6.30. The monoisotopic (exact) mass is 486 g/mol. The molecule has 7 nitrogen and oxygen atoms in total. The number of nitrogens with one attached hydrogen (secondary N) is 2. The first-order chi connectivity index (χ1) is 17.0. The van der Waals surface area contributed by atoms with Crippen molar-refractivity contribution in [2.75, 3.05) is 5.32 Å². The van der Waals surface area contributed by atoms with Crippen molar-refractivity contribution in [1.82, 2.24) is 15.1 Å². The van der Waals surface area contributed by atoms with Gasteiger partial charge in [-0.15, -0.1) is 0 Å². The molecular formula is C27H23ClN4O3. The predicted molar refractivity (Wildman–Crippen MR) is 136 cm³/mol. The maximum atomic E-state index is 13.6. The minimum Gasteiger partial charge on any atom is -0.453 e. The smallest absolute Gasteiger partial charge is 0.299 e. The summed E-state index contributed by atoms with van der Waals surface area (Å²) in [6.45, 7) is 1.96. The quantitative estimate of drug-likeness (QED) is 0.354. The molecule has 5 rings (SSSR count). The lowest BCUT2D eigenvalue weighted by Gasteiger charge is -2.15. The molecule has 1 heterocycles. The highest BCUT2D eigenvalue weighted by atomic mass is 35.5. The molecule has 0 bridgehead atoms. The minimum atomic E-state index is -0.426. The van der Waals surface area contributed by atoms with E-state index in [-0.39, 0.29) is 23.4 Å². The van der Waals surface area contributed by atoms with E-state index in [4.69, 9.17) is 16.3 Å². The van der Waals surface area contributed by atoms with E-state index in [1.54, 1.807) is 48.5 Å². The van der Waals surface area contributed by atoms with Crippen LogP contribution in [0.1, 0.15) is 28.8 Å². The van der Waals surface area contributed by atoms with Crippen LogP contribution in [-0.2, 0) is 0 Å². The highest BCUT2D eigenvalue weighted by Gasteiger charge is 2.24. The minimum absolute atomic E-state index is 0.140. The van der Waals surface area contributed by atoms with E-state index in [0.29, 0.717) is 27.7 Å². The zero-order chi connectivity index (χ0) is 24.4. The first-order valence-corrected chi connectivity index (χ1v) is 11.6. The van der Waals surface area contributed by atoms with Crippen molar-refractivity contribution in [2.45, 2.75) is 25.8 Å². The van der Waals surface area contributed by atoms with Gasteiger partial charge in [-0.25, -0.2) is 0 Å². The molecule has 0 radical (unpaired) electrons. The zero-order valence-electron chi connectivity index (χ0n) is 19.0. The Morgan fingerprint density at radius 1 is 1.06 bits per heavy atom. The Kier molecular flexibility index (Phi) is 6.25. The van der Waals surface area contributed by atoms with E-state index < -0.39 is 5.56 Å². The van der Waals surface area contributed by atoms with Gasteiger partial charge in [0.2, 0.25) is 0 Å². The van der Waals surface area contributed by atoms with E-state index in [2.05, 4.69) is 15.7 Å². The second kappa shape index (κ2) is 9.64. The summed E-state index contributed by atoms with van der Waals surface area (Å²) in [5, 5.41) is 10.9. The number of ether oxygens (including phenoxy) is 1. The van der Waals surface area contributed by atoms with Crippen molar-refractivity contribution in [2.24, 2.45) is 0 Å². The third-order valence-corrected chi connectivity index (χ3v) is 5.75. The van der Waals surface area contributed by atoms with Crippen LogP contribution in [0.4, 0.5) is 11.4 Å². The molecule has 176 valence electrons. The van der Waals surface area contributed by atoms with Crippen LogP contribution >= 0.6 is 11.6 Å². The van der Waals surface area contributed by atoms with Gasteiger partial charge in [-0.05, 0) is 73.9 Å². The lowest BCUT2D eigenvalue weighted by molar-refractivity contribution is 0.0951. The van der Waals surface area contributed by atoms with Gasteiger partial charge in [-0.1, -0.05) is 35.9 Å². The Morgan fingerprint density at radius 2 is 1.86 bits per heavy atom. The SMILES string of the molecule is Cc1cccc(Oc2cnn(-c3cccc(Cl)c3)c(=O)c2Nc2cccc(C(=O)NC3CC3)c2)c1. The Balaban J connectivity index is 1.54. The summed E-state index contributed by atoms with van der Waals surface area (Å²) >= 11 is 6.14. The lowest BCUT2D eigenvalue weighted by Crippen LogP contribution is -2.25. The fourth-order valence-electron chi connectivity index (χ4n) is 3.61. The molecule has 1 aliphatic rings. The van der Waals surface area contributed by atoms with E-state index >= 15 is 0 Å². The molecule has 1 saturated carbocycles. The summed E-state index contributed by atoms with van der Waals surface area (Å²) in [5.41, 5.74) is 2.37. The summed E-state index contributed by atoms with van der Waals surface area (Å²) < 4.78 is 7.30. The number of hydrogen-bond donors (Lipinski definition) is 2. The molecule has 1 aliphatic carbocycles. The van der Waals surface area contributed by atoms with Gasteiger partial charge in [0, 0.05) is 22.3 Å². The molecular weight excluding hydrogens is 464 g/mol. The number of halogens is 1. The van der Waals surface area contributed by atoms with Crippen molar-refractivity contribution in [3.8, 4) is 17.2 Å². The molecule has 2 N–H and O–H groups in total. The van der Waals surface area contributed by atoms with E-state index in [9.17, 15) is 9.59 Å². The van der Waals surface area contributed by atoms with E-state index in [0.717, 1.165) is 18.4 Å².